The van der Waals surface area contributed by atoms with Gasteiger partial charge in [-0.05, 0) is 48.7 Å². The Morgan fingerprint density at radius 3 is 2.58 bits per heavy atom. The number of thioether (sulfide) groups is 1. The van der Waals surface area contributed by atoms with Crippen molar-refractivity contribution in [1.29, 1.82) is 0 Å². The van der Waals surface area contributed by atoms with Gasteiger partial charge in [-0.3, -0.25) is 4.79 Å². The number of hydrogen-bond acceptors (Lipinski definition) is 2. The molecule has 0 unspecified atom stereocenters. The minimum Gasteiger partial charge on any atom is -0.313 e. The summed E-state index contributed by atoms with van der Waals surface area (Å²) in [6, 6.07) is 20.5. The average molecular weight is 333 g/mol. The van der Waals surface area contributed by atoms with Crippen molar-refractivity contribution in [3.05, 3.63) is 83.7 Å². The van der Waals surface area contributed by atoms with Crippen LogP contribution in [0.1, 0.15) is 35.0 Å². The summed E-state index contributed by atoms with van der Waals surface area (Å²) in [5.41, 5.74) is 4.13. The van der Waals surface area contributed by atoms with Crippen molar-refractivity contribution in [2.75, 3.05) is 0 Å². The zero-order valence-corrected chi connectivity index (χ0v) is 14.6. The van der Waals surface area contributed by atoms with E-state index in [0.29, 0.717) is 0 Å². The van der Waals surface area contributed by atoms with Gasteiger partial charge in [0.1, 0.15) is 4.75 Å². The molecule has 1 aliphatic heterocycles. The van der Waals surface area contributed by atoms with Crippen LogP contribution in [0.3, 0.4) is 0 Å². The Morgan fingerprint density at radius 1 is 1.04 bits per heavy atom. The molecule has 0 N–H and O–H groups in total. The maximum atomic E-state index is 13.6. The predicted molar refractivity (Wildman–Crippen MR) is 99.1 cm³/mol. The SMILES string of the molecule is CC[C@@]1(c2ccccc2)Sc2ccc(C)cc2-n2cccc2C1=O. The molecule has 120 valence electrons. The standard InChI is InChI=1S/C21H19NOS/c1-3-21(16-8-5-4-6-9-16)20(23)17-10-7-13-22(17)18-14-15(2)11-12-19(18)24-21/h4-14H,3H2,1-2H3/t21-/m0/s1. The molecule has 1 atom stereocenters. The number of carbonyl (C=O) groups excluding carboxylic acids is 1. The van der Waals surface area contributed by atoms with Crippen LogP contribution in [0.5, 0.6) is 0 Å². The first-order chi connectivity index (χ1) is 11.7. The highest BCUT2D eigenvalue weighted by atomic mass is 32.2. The second kappa shape index (κ2) is 5.67. The molecule has 0 saturated carbocycles. The minimum absolute atomic E-state index is 0.181. The predicted octanol–water partition coefficient (Wildman–Crippen LogP) is 5.38. The summed E-state index contributed by atoms with van der Waals surface area (Å²) in [6.07, 6.45) is 2.74. The quantitative estimate of drug-likeness (QED) is 0.628. The van der Waals surface area contributed by atoms with Gasteiger partial charge in [0, 0.05) is 11.1 Å². The van der Waals surface area contributed by atoms with Crippen LogP contribution >= 0.6 is 11.8 Å². The zero-order chi connectivity index (χ0) is 16.7. The van der Waals surface area contributed by atoms with Crippen molar-refractivity contribution >= 4 is 17.5 Å². The van der Waals surface area contributed by atoms with E-state index >= 15 is 0 Å². The summed E-state index contributed by atoms with van der Waals surface area (Å²) in [5, 5.41) is 0. The van der Waals surface area contributed by atoms with Crippen molar-refractivity contribution in [3.8, 4) is 5.69 Å². The Morgan fingerprint density at radius 2 is 1.83 bits per heavy atom. The first kappa shape index (κ1) is 15.3. The Bertz CT molecular complexity index is 913. The Labute approximate surface area is 146 Å². The number of benzene rings is 2. The number of hydrogen-bond donors (Lipinski definition) is 0. The molecule has 1 aromatic heterocycles. The fourth-order valence-corrected chi connectivity index (χ4v) is 4.82. The van der Waals surface area contributed by atoms with Gasteiger partial charge < -0.3 is 4.57 Å². The number of Topliss-reactive ketones (excluding diaryl/α,β-unsaturated/α-hetero) is 1. The van der Waals surface area contributed by atoms with Crippen molar-refractivity contribution < 1.29 is 4.79 Å². The second-order valence-corrected chi connectivity index (χ2v) is 7.55. The average Bonchev–Trinajstić information content (AvgIpc) is 3.07. The Kier molecular flexibility index (Phi) is 3.61. The maximum Gasteiger partial charge on any atom is 0.200 e. The highest BCUT2D eigenvalue weighted by Crippen LogP contribution is 2.50. The van der Waals surface area contributed by atoms with Gasteiger partial charge in [0.25, 0.3) is 0 Å². The smallest absolute Gasteiger partial charge is 0.200 e. The molecule has 3 heteroatoms. The summed E-state index contributed by atoms with van der Waals surface area (Å²) >= 11 is 1.69. The maximum absolute atomic E-state index is 13.6. The number of fused-ring (bicyclic) bond motifs is 3. The van der Waals surface area contributed by atoms with Crippen LogP contribution in [0.25, 0.3) is 5.69 Å². The lowest BCUT2D eigenvalue weighted by atomic mass is 9.89. The number of ketones is 1. The summed E-state index contributed by atoms with van der Waals surface area (Å²) in [7, 11) is 0. The third kappa shape index (κ3) is 2.15. The van der Waals surface area contributed by atoms with Crippen LogP contribution in [0.15, 0.2) is 71.8 Å². The van der Waals surface area contributed by atoms with Crippen LogP contribution in [0.4, 0.5) is 0 Å². The lowest BCUT2D eigenvalue weighted by molar-refractivity contribution is 0.0933. The summed E-state index contributed by atoms with van der Waals surface area (Å²) in [5.74, 6) is 0.181. The minimum atomic E-state index is -0.585. The van der Waals surface area contributed by atoms with Crippen molar-refractivity contribution in [2.24, 2.45) is 0 Å². The third-order valence-electron chi connectivity index (χ3n) is 4.74. The lowest BCUT2D eigenvalue weighted by Gasteiger charge is -2.29. The van der Waals surface area contributed by atoms with Gasteiger partial charge in [0.2, 0.25) is 0 Å². The summed E-state index contributed by atoms with van der Waals surface area (Å²) in [6.45, 7) is 4.19. The van der Waals surface area contributed by atoms with E-state index in [9.17, 15) is 4.79 Å². The third-order valence-corrected chi connectivity index (χ3v) is 6.37. The van der Waals surface area contributed by atoms with Crippen LogP contribution in [-0.2, 0) is 4.75 Å². The van der Waals surface area contributed by atoms with Gasteiger partial charge in [0.15, 0.2) is 5.78 Å². The van der Waals surface area contributed by atoms with E-state index in [-0.39, 0.29) is 5.78 Å². The summed E-state index contributed by atoms with van der Waals surface area (Å²) < 4.78 is 1.45. The molecular weight excluding hydrogens is 314 g/mol. The normalized spacial score (nSPS) is 19.5. The van der Waals surface area contributed by atoms with Crippen LogP contribution < -0.4 is 0 Å². The van der Waals surface area contributed by atoms with E-state index in [4.69, 9.17) is 0 Å². The van der Waals surface area contributed by atoms with Crippen LogP contribution in [0.2, 0.25) is 0 Å². The monoisotopic (exact) mass is 333 g/mol. The number of aromatic nitrogens is 1. The molecule has 24 heavy (non-hydrogen) atoms. The number of carbonyl (C=O) groups is 1. The largest absolute Gasteiger partial charge is 0.313 e. The lowest BCUT2D eigenvalue weighted by Crippen LogP contribution is -2.32. The molecule has 2 aromatic carbocycles. The molecule has 4 rings (SSSR count). The zero-order valence-electron chi connectivity index (χ0n) is 13.8. The van der Waals surface area contributed by atoms with E-state index in [1.807, 2.05) is 41.1 Å². The second-order valence-electron chi connectivity index (χ2n) is 6.21. The van der Waals surface area contributed by atoms with E-state index in [1.54, 1.807) is 11.8 Å². The van der Waals surface area contributed by atoms with Gasteiger partial charge in [-0.1, -0.05) is 43.3 Å². The van der Waals surface area contributed by atoms with Gasteiger partial charge in [0.05, 0.1) is 11.4 Å². The van der Waals surface area contributed by atoms with Gasteiger partial charge >= 0.3 is 0 Å². The van der Waals surface area contributed by atoms with Gasteiger partial charge in [-0.2, -0.15) is 0 Å². The van der Waals surface area contributed by atoms with E-state index in [2.05, 4.69) is 44.2 Å². The molecule has 0 radical (unpaired) electrons. The molecule has 0 fully saturated rings. The first-order valence-electron chi connectivity index (χ1n) is 8.23. The Hall–Kier alpha value is -2.26. The molecule has 0 bridgehead atoms. The molecule has 0 aliphatic carbocycles. The number of aryl methyl sites for hydroxylation is 1. The molecular formula is C21H19NOS. The molecule has 2 nitrogen and oxygen atoms in total. The first-order valence-corrected chi connectivity index (χ1v) is 9.05. The molecule has 3 aromatic rings. The molecule has 0 amide bonds. The van der Waals surface area contributed by atoms with Crippen molar-refractivity contribution in [2.45, 2.75) is 29.9 Å². The van der Waals surface area contributed by atoms with Gasteiger partial charge in [-0.15, -0.1) is 11.8 Å². The highest BCUT2D eigenvalue weighted by molar-refractivity contribution is 8.01. The highest BCUT2D eigenvalue weighted by Gasteiger charge is 2.43. The summed E-state index contributed by atoms with van der Waals surface area (Å²) in [4.78, 5) is 14.7. The molecule has 0 spiro atoms. The topological polar surface area (TPSA) is 22.0 Å². The van der Waals surface area contributed by atoms with Crippen LogP contribution in [-0.4, -0.2) is 10.4 Å². The number of rotatable bonds is 2. The van der Waals surface area contributed by atoms with E-state index in [0.717, 1.165) is 28.3 Å². The van der Waals surface area contributed by atoms with Crippen LogP contribution in [0, 0.1) is 6.92 Å². The Balaban J connectivity index is 2.02. The number of nitrogens with zero attached hydrogens (tertiary/aromatic N) is 1. The fraction of sp³-hybridized carbons (Fsp3) is 0.190. The van der Waals surface area contributed by atoms with Crippen molar-refractivity contribution in [3.63, 3.8) is 0 Å². The van der Waals surface area contributed by atoms with Gasteiger partial charge in [-0.25, -0.2) is 0 Å². The molecule has 2 heterocycles. The van der Waals surface area contributed by atoms with E-state index < -0.39 is 4.75 Å². The molecule has 1 aliphatic rings. The fourth-order valence-electron chi connectivity index (χ4n) is 3.45. The molecule has 0 saturated heterocycles. The van der Waals surface area contributed by atoms with E-state index in [1.165, 1.54) is 5.56 Å². The van der Waals surface area contributed by atoms with Crippen molar-refractivity contribution in [1.82, 2.24) is 4.57 Å².